The van der Waals surface area contributed by atoms with Gasteiger partial charge in [0.1, 0.15) is 10.8 Å². The van der Waals surface area contributed by atoms with Crippen molar-refractivity contribution in [3.63, 3.8) is 0 Å². The molecule has 2 amide bonds. The van der Waals surface area contributed by atoms with Crippen LogP contribution in [0, 0.1) is 12.7 Å². The van der Waals surface area contributed by atoms with E-state index in [0.717, 1.165) is 16.3 Å². The second-order valence-corrected chi connectivity index (χ2v) is 9.39. The van der Waals surface area contributed by atoms with Crippen molar-refractivity contribution >= 4 is 52.4 Å². The molecule has 5 aromatic rings. The van der Waals surface area contributed by atoms with Gasteiger partial charge in [-0.2, -0.15) is 5.10 Å². The van der Waals surface area contributed by atoms with Gasteiger partial charge in [-0.15, -0.1) is 16.9 Å². The zero-order valence-corrected chi connectivity index (χ0v) is 22.6. The lowest BCUT2D eigenvalue weighted by Gasteiger charge is -2.11. The van der Waals surface area contributed by atoms with Crippen molar-refractivity contribution in [1.82, 2.24) is 24.4 Å². The number of imidazole rings is 1. The van der Waals surface area contributed by atoms with Gasteiger partial charge >= 0.3 is 6.09 Å². The zero-order valence-electron chi connectivity index (χ0n) is 21.8. The van der Waals surface area contributed by atoms with Crippen LogP contribution in [0.1, 0.15) is 23.0 Å². The van der Waals surface area contributed by atoms with Crippen LogP contribution in [0.2, 0.25) is 0 Å². The van der Waals surface area contributed by atoms with Crippen molar-refractivity contribution in [2.75, 3.05) is 28.8 Å². The Balaban J connectivity index is 1.32. The van der Waals surface area contributed by atoms with Gasteiger partial charge in [0.05, 0.1) is 18.5 Å². The number of aryl methyl sites for hydroxylation is 1. The molecule has 5 rings (SSSR count). The molecule has 11 nitrogen and oxygen atoms in total. The summed E-state index contributed by atoms with van der Waals surface area (Å²) < 4.78 is 21.4. The predicted octanol–water partition coefficient (Wildman–Crippen LogP) is 5.65. The van der Waals surface area contributed by atoms with E-state index in [2.05, 4.69) is 31.1 Å². The SMILES string of the molecule is CCOC(=O)Nc1cn2nc(Nc3cc(NC(=O)c4cc(SC)n(-c5ccc(F)cc5)n4)ccc3C)ccc2n1. The van der Waals surface area contributed by atoms with Crippen molar-refractivity contribution in [2.24, 2.45) is 0 Å². The lowest BCUT2D eigenvalue weighted by molar-refractivity contribution is 0.102. The lowest BCUT2D eigenvalue weighted by atomic mass is 10.1. The van der Waals surface area contributed by atoms with E-state index in [1.165, 1.54) is 28.4 Å². The molecule has 3 aromatic heterocycles. The highest BCUT2D eigenvalue weighted by Gasteiger charge is 2.16. The number of benzene rings is 2. The second-order valence-electron chi connectivity index (χ2n) is 8.56. The highest BCUT2D eigenvalue weighted by molar-refractivity contribution is 7.98. The summed E-state index contributed by atoms with van der Waals surface area (Å²) in [4.78, 5) is 29.0. The van der Waals surface area contributed by atoms with E-state index in [9.17, 15) is 14.0 Å². The maximum atomic E-state index is 13.4. The van der Waals surface area contributed by atoms with Crippen LogP contribution < -0.4 is 16.0 Å². The minimum atomic E-state index is -0.592. The summed E-state index contributed by atoms with van der Waals surface area (Å²) >= 11 is 1.43. The molecule has 0 fully saturated rings. The number of hydrogen-bond donors (Lipinski definition) is 3. The summed E-state index contributed by atoms with van der Waals surface area (Å²) in [6.07, 6.45) is 2.86. The number of hydrogen-bond acceptors (Lipinski definition) is 8. The summed E-state index contributed by atoms with van der Waals surface area (Å²) in [7, 11) is 0. The third-order valence-corrected chi connectivity index (χ3v) is 6.48. The standard InChI is InChI=1S/C27H25FN8O3S/c1-4-39-27(38)32-23-15-35-24(31-23)12-11-22(34-35)30-20-13-18(8-5-16(20)2)29-26(37)21-14-25(40-3)36(33-21)19-9-6-17(28)7-10-19/h5-15H,4H2,1-3H3,(H,29,37)(H,30,34)(H,32,38). The molecular formula is C27H25FN8O3S. The molecule has 204 valence electrons. The Kier molecular flexibility index (Phi) is 7.64. The van der Waals surface area contributed by atoms with Gasteiger partial charge in [-0.3, -0.25) is 10.1 Å². The molecule has 0 aliphatic carbocycles. The van der Waals surface area contributed by atoms with Crippen LogP contribution in [0.15, 0.2) is 71.9 Å². The predicted molar refractivity (Wildman–Crippen MR) is 151 cm³/mol. The van der Waals surface area contributed by atoms with Crippen molar-refractivity contribution < 1.29 is 18.7 Å². The Hall–Kier alpha value is -4.91. The van der Waals surface area contributed by atoms with Gasteiger partial charge in [-0.25, -0.2) is 23.4 Å². The number of fused-ring (bicyclic) bond motifs is 1. The molecule has 0 aliphatic heterocycles. The van der Waals surface area contributed by atoms with Crippen LogP contribution in [-0.4, -0.2) is 49.2 Å². The molecule has 3 N–H and O–H groups in total. The third-order valence-electron chi connectivity index (χ3n) is 5.77. The van der Waals surface area contributed by atoms with Crippen LogP contribution >= 0.6 is 11.8 Å². The van der Waals surface area contributed by atoms with Crippen LogP contribution in [0.3, 0.4) is 0 Å². The van der Waals surface area contributed by atoms with E-state index >= 15 is 0 Å². The first-order valence-corrected chi connectivity index (χ1v) is 13.4. The number of carbonyl (C=O) groups excluding carboxylic acids is 2. The van der Waals surface area contributed by atoms with Gasteiger partial charge in [0, 0.05) is 17.4 Å². The molecule has 13 heteroatoms. The summed E-state index contributed by atoms with van der Waals surface area (Å²) in [5, 5.41) is 18.4. The second kappa shape index (κ2) is 11.5. The fourth-order valence-corrected chi connectivity index (χ4v) is 4.38. The van der Waals surface area contributed by atoms with Crippen LogP contribution in [0.25, 0.3) is 11.3 Å². The van der Waals surface area contributed by atoms with Crippen LogP contribution in [0.4, 0.5) is 32.2 Å². The van der Waals surface area contributed by atoms with Gasteiger partial charge in [0.2, 0.25) is 0 Å². The highest BCUT2D eigenvalue weighted by atomic mass is 32.2. The third kappa shape index (κ3) is 5.89. The average Bonchev–Trinajstić information content (AvgIpc) is 3.55. The first kappa shape index (κ1) is 26.7. The number of halogens is 1. The maximum Gasteiger partial charge on any atom is 0.412 e. The zero-order chi connectivity index (χ0) is 28.2. The highest BCUT2D eigenvalue weighted by Crippen LogP contribution is 2.26. The molecule has 0 unspecified atom stereocenters. The number of nitrogens with zero attached hydrogens (tertiary/aromatic N) is 5. The van der Waals surface area contributed by atoms with E-state index in [-0.39, 0.29) is 24.0 Å². The van der Waals surface area contributed by atoms with Gasteiger partial charge < -0.3 is 15.4 Å². The number of carbonyl (C=O) groups is 2. The van der Waals surface area contributed by atoms with Crippen LogP contribution in [-0.2, 0) is 4.74 Å². The Labute approximate surface area is 232 Å². The van der Waals surface area contributed by atoms with E-state index in [1.54, 1.807) is 60.3 Å². The quantitative estimate of drug-likeness (QED) is 0.208. The topological polar surface area (TPSA) is 127 Å². The van der Waals surface area contributed by atoms with Crippen molar-refractivity contribution in [2.45, 2.75) is 18.9 Å². The number of ether oxygens (including phenoxy) is 1. The van der Waals surface area contributed by atoms with E-state index in [0.29, 0.717) is 28.7 Å². The fraction of sp³-hybridized carbons (Fsp3) is 0.148. The van der Waals surface area contributed by atoms with Crippen molar-refractivity contribution in [3.8, 4) is 5.69 Å². The van der Waals surface area contributed by atoms with Gasteiger partial charge in [-0.1, -0.05) is 6.07 Å². The van der Waals surface area contributed by atoms with E-state index in [1.807, 2.05) is 19.2 Å². The first-order valence-electron chi connectivity index (χ1n) is 12.2. The molecular weight excluding hydrogens is 535 g/mol. The Bertz CT molecular complexity index is 1700. The number of aromatic nitrogens is 5. The van der Waals surface area contributed by atoms with Gasteiger partial charge in [0.25, 0.3) is 5.91 Å². The molecule has 0 saturated carbocycles. The van der Waals surface area contributed by atoms with Crippen molar-refractivity contribution in [3.05, 3.63) is 83.9 Å². The maximum absolute atomic E-state index is 13.4. The van der Waals surface area contributed by atoms with Crippen molar-refractivity contribution in [1.29, 1.82) is 0 Å². The molecule has 3 heterocycles. The summed E-state index contributed by atoms with van der Waals surface area (Å²) in [6, 6.07) is 16.6. The number of thioether (sulfide) groups is 1. The van der Waals surface area contributed by atoms with Crippen LogP contribution in [0.5, 0.6) is 0 Å². The minimum absolute atomic E-state index is 0.225. The number of nitrogens with one attached hydrogen (secondary N) is 3. The van der Waals surface area contributed by atoms with Gasteiger partial charge in [-0.05, 0) is 74.2 Å². The lowest BCUT2D eigenvalue weighted by Crippen LogP contribution is -2.13. The normalized spacial score (nSPS) is 10.9. The van der Waals surface area contributed by atoms with E-state index < -0.39 is 6.09 Å². The fourth-order valence-electron chi connectivity index (χ4n) is 3.84. The molecule has 0 aliphatic rings. The molecule has 0 spiro atoms. The molecule has 40 heavy (non-hydrogen) atoms. The van der Waals surface area contributed by atoms with E-state index in [4.69, 9.17) is 4.74 Å². The largest absolute Gasteiger partial charge is 0.450 e. The monoisotopic (exact) mass is 560 g/mol. The summed E-state index contributed by atoms with van der Waals surface area (Å²) in [5.41, 5.74) is 3.64. The number of rotatable bonds is 8. The first-order chi connectivity index (χ1) is 19.3. The molecule has 0 atom stereocenters. The Morgan fingerprint density at radius 1 is 1.00 bits per heavy atom. The summed E-state index contributed by atoms with van der Waals surface area (Å²) in [5.74, 6) is 0.113. The minimum Gasteiger partial charge on any atom is -0.450 e. The smallest absolute Gasteiger partial charge is 0.412 e. The Morgan fingerprint density at radius 3 is 2.55 bits per heavy atom. The number of anilines is 4. The van der Waals surface area contributed by atoms with Gasteiger partial charge in [0.15, 0.2) is 23.0 Å². The average molecular weight is 561 g/mol. The summed E-state index contributed by atoms with van der Waals surface area (Å²) in [6.45, 7) is 3.90. The molecule has 0 saturated heterocycles. The molecule has 2 aromatic carbocycles. The molecule has 0 bridgehead atoms. The number of amides is 2. The molecule has 0 radical (unpaired) electrons. The Morgan fingerprint density at radius 2 is 1.80 bits per heavy atom.